The van der Waals surface area contributed by atoms with Gasteiger partial charge in [0.15, 0.2) is 11.5 Å². The van der Waals surface area contributed by atoms with Crippen molar-refractivity contribution in [2.45, 2.75) is 32.2 Å². The quantitative estimate of drug-likeness (QED) is 0.869. The number of anilines is 1. The van der Waals surface area contributed by atoms with Crippen molar-refractivity contribution in [1.29, 1.82) is 0 Å². The summed E-state index contributed by atoms with van der Waals surface area (Å²) in [7, 11) is 0. The fourth-order valence-electron chi connectivity index (χ4n) is 3.19. The van der Waals surface area contributed by atoms with Crippen LogP contribution in [-0.2, 0) is 19.4 Å². The number of carbonyl (C=O) groups excluding carboxylic acids is 1. The van der Waals surface area contributed by atoms with E-state index in [1.54, 1.807) is 24.3 Å². The van der Waals surface area contributed by atoms with Crippen LogP contribution in [0.2, 0.25) is 0 Å². The molecule has 2 N–H and O–H groups in total. The number of fused-ring (bicyclic) bond motifs is 2. The first-order valence-electron chi connectivity index (χ1n) is 8.73. The first kappa shape index (κ1) is 16.4. The smallest absolute Gasteiger partial charge is 0.319 e. The van der Waals surface area contributed by atoms with Gasteiger partial charge < -0.3 is 20.1 Å². The number of benzene rings is 1. The number of aromatic nitrogens is 2. The molecule has 0 saturated carbocycles. The maximum absolute atomic E-state index is 12.1. The first-order valence-corrected chi connectivity index (χ1v) is 8.73. The highest BCUT2D eigenvalue weighted by Gasteiger charge is 2.15. The lowest BCUT2D eigenvalue weighted by Gasteiger charge is -2.16. The van der Waals surface area contributed by atoms with E-state index in [0.717, 1.165) is 36.9 Å². The fourth-order valence-corrected chi connectivity index (χ4v) is 3.19. The van der Waals surface area contributed by atoms with Crippen molar-refractivity contribution in [3.05, 3.63) is 45.9 Å². The highest BCUT2D eigenvalue weighted by molar-refractivity contribution is 5.89. The van der Waals surface area contributed by atoms with Gasteiger partial charge in [0.25, 0.3) is 5.56 Å². The van der Waals surface area contributed by atoms with Gasteiger partial charge in [0.2, 0.25) is 6.79 Å². The van der Waals surface area contributed by atoms with E-state index in [9.17, 15) is 9.59 Å². The Hall–Kier alpha value is -3.03. The average molecular weight is 356 g/mol. The van der Waals surface area contributed by atoms with Crippen molar-refractivity contribution in [3.8, 4) is 11.5 Å². The van der Waals surface area contributed by atoms with Gasteiger partial charge in [0, 0.05) is 24.4 Å². The number of ether oxygens (including phenoxy) is 2. The maximum Gasteiger partial charge on any atom is 0.319 e. The van der Waals surface area contributed by atoms with Crippen LogP contribution >= 0.6 is 0 Å². The van der Waals surface area contributed by atoms with Crippen molar-refractivity contribution in [1.82, 2.24) is 15.1 Å². The number of rotatable bonds is 4. The molecule has 2 aromatic rings. The van der Waals surface area contributed by atoms with E-state index >= 15 is 0 Å². The highest BCUT2D eigenvalue weighted by Crippen LogP contribution is 2.34. The Kier molecular flexibility index (Phi) is 4.47. The lowest BCUT2D eigenvalue weighted by atomic mass is 9.97. The third kappa shape index (κ3) is 3.49. The number of nitrogens with one attached hydrogen (secondary N) is 2. The molecule has 136 valence electrons. The summed E-state index contributed by atoms with van der Waals surface area (Å²) in [6.07, 6.45) is 4.05. The third-order valence-electron chi connectivity index (χ3n) is 4.51. The lowest BCUT2D eigenvalue weighted by Crippen LogP contribution is -2.35. The van der Waals surface area contributed by atoms with E-state index in [1.807, 2.05) is 0 Å². The molecule has 8 heteroatoms. The zero-order chi connectivity index (χ0) is 17.9. The number of hydrogen-bond acceptors (Lipinski definition) is 5. The Labute approximate surface area is 150 Å². The molecule has 1 aliphatic heterocycles. The van der Waals surface area contributed by atoms with E-state index < -0.39 is 0 Å². The Morgan fingerprint density at radius 2 is 2.00 bits per heavy atom. The summed E-state index contributed by atoms with van der Waals surface area (Å²) in [5, 5.41) is 9.90. The Balaban J connectivity index is 1.32. The van der Waals surface area contributed by atoms with E-state index in [4.69, 9.17) is 9.47 Å². The van der Waals surface area contributed by atoms with Crippen LogP contribution in [0.1, 0.15) is 24.1 Å². The van der Waals surface area contributed by atoms with Crippen molar-refractivity contribution in [2.24, 2.45) is 0 Å². The van der Waals surface area contributed by atoms with Crippen LogP contribution < -0.4 is 25.7 Å². The molecule has 0 saturated heterocycles. The molecule has 8 nitrogen and oxygen atoms in total. The lowest BCUT2D eigenvalue weighted by molar-refractivity contribution is 0.174. The molecule has 2 heterocycles. The molecular weight excluding hydrogens is 336 g/mol. The van der Waals surface area contributed by atoms with Gasteiger partial charge in [-0.2, -0.15) is 5.10 Å². The van der Waals surface area contributed by atoms with Crippen molar-refractivity contribution < 1.29 is 14.3 Å². The molecule has 0 fully saturated rings. The van der Waals surface area contributed by atoms with Crippen LogP contribution in [0.4, 0.5) is 10.5 Å². The molecular formula is C18H20N4O4. The monoisotopic (exact) mass is 356 g/mol. The number of urea groups is 1. The van der Waals surface area contributed by atoms with Gasteiger partial charge in [-0.3, -0.25) is 4.79 Å². The van der Waals surface area contributed by atoms with Crippen LogP contribution in [0.3, 0.4) is 0 Å². The minimum Gasteiger partial charge on any atom is -0.454 e. The zero-order valence-corrected chi connectivity index (χ0v) is 14.3. The standard InChI is InChI=1S/C18H20N4O4/c23-17-9-12-3-1-2-4-14(12)21-22(17)8-7-19-18(24)20-13-5-6-15-16(10-13)26-11-25-15/h5-6,9-10H,1-4,7-8,11H2,(H2,19,20,24). The molecule has 1 aromatic carbocycles. The Morgan fingerprint density at radius 1 is 1.15 bits per heavy atom. The van der Waals surface area contributed by atoms with Gasteiger partial charge in [-0.05, 0) is 43.4 Å². The number of aryl methyl sites for hydroxylation is 2. The molecule has 4 rings (SSSR count). The molecule has 26 heavy (non-hydrogen) atoms. The van der Waals surface area contributed by atoms with E-state index in [-0.39, 0.29) is 18.4 Å². The molecule has 0 unspecified atom stereocenters. The van der Waals surface area contributed by atoms with Gasteiger partial charge in [0.05, 0.1) is 12.2 Å². The molecule has 0 radical (unpaired) electrons. The van der Waals surface area contributed by atoms with Gasteiger partial charge in [-0.15, -0.1) is 0 Å². The largest absolute Gasteiger partial charge is 0.454 e. The summed E-state index contributed by atoms with van der Waals surface area (Å²) in [5.41, 5.74) is 2.55. The second kappa shape index (κ2) is 7.07. The van der Waals surface area contributed by atoms with Crippen molar-refractivity contribution >= 4 is 11.7 Å². The Bertz CT molecular complexity index is 893. The third-order valence-corrected chi connectivity index (χ3v) is 4.51. The van der Waals surface area contributed by atoms with Gasteiger partial charge >= 0.3 is 6.03 Å². The van der Waals surface area contributed by atoms with Crippen molar-refractivity contribution in [2.75, 3.05) is 18.7 Å². The molecule has 0 spiro atoms. The van der Waals surface area contributed by atoms with E-state index in [2.05, 4.69) is 15.7 Å². The van der Waals surface area contributed by atoms with Crippen LogP contribution in [-0.4, -0.2) is 29.1 Å². The number of carbonyl (C=O) groups is 1. The zero-order valence-electron chi connectivity index (χ0n) is 14.3. The number of hydrogen-bond donors (Lipinski definition) is 2. The van der Waals surface area contributed by atoms with E-state index in [0.29, 0.717) is 30.3 Å². The SMILES string of the molecule is O=C(NCCn1nc2c(cc1=O)CCCC2)Nc1ccc2c(c1)OCO2. The predicted molar refractivity (Wildman–Crippen MR) is 94.7 cm³/mol. The summed E-state index contributed by atoms with van der Waals surface area (Å²) in [6.45, 7) is 0.830. The molecule has 2 aliphatic rings. The first-order chi connectivity index (χ1) is 12.7. The molecule has 1 aromatic heterocycles. The molecule has 0 atom stereocenters. The molecule has 1 aliphatic carbocycles. The Morgan fingerprint density at radius 3 is 2.92 bits per heavy atom. The van der Waals surface area contributed by atoms with Crippen LogP contribution in [0, 0.1) is 0 Å². The average Bonchev–Trinajstić information content (AvgIpc) is 3.10. The molecule has 2 amide bonds. The second-order valence-electron chi connectivity index (χ2n) is 6.33. The van der Waals surface area contributed by atoms with Gasteiger partial charge in [0.1, 0.15) is 0 Å². The predicted octanol–water partition coefficient (Wildman–Crippen LogP) is 1.67. The van der Waals surface area contributed by atoms with Crippen molar-refractivity contribution in [3.63, 3.8) is 0 Å². The minimum absolute atomic E-state index is 0.122. The van der Waals surface area contributed by atoms with Crippen LogP contribution in [0.25, 0.3) is 0 Å². The fraction of sp³-hybridized carbons (Fsp3) is 0.389. The summed E-state index contributed by atoms with van der Waals surface area (Å²) < 4.78 is 11.9. The maximum atomic E-state index is 12.1. The van der Waals surface area contributed by atoms with Crippen LogP contribution in [0.5, 0.6) is 11.5 Å². The minimum atomic E-state index is -0.352. The highest BCUT2D eigenvalue weighted by atomic mass is 16.7. The summed E-state index contributed by atoms with van der Waals surface area (Å²) in [5.74, 6) is 1.27. The number of nitrogens with zero attached hydrogens (tertiary/aromatic N) is 2. The van der Waals surface area contributed by atoms with Crippen LogP contribution in [0.15, 0.2) is 29.1 Å². The normalized spacial score (nSPS) is 14.6. The second-order valence-corrected chi connectivity index (χ2v) is 6.33. The topological polar surface area (TPSA) is 94.5 Å². The summed E-state index contributed by atoms with van der Waals surface area (Å²) in [4.78, 5) is 24.1. The van der Waals surface area contributed by atoms with Gasteiger partial charge in [-0.1, -0.05) is 0 Å². The summed E-state index contributed by atoms with van der Waals surface area (Å²) >= 11 is 0. The summed E-state index contributed by atoms with van der Waals surface area (Å²) in [6, 6.07) is 6.51. The van der Waals surface area contributed by atoms with E-state index in [1.165, 1.54) is 4.68 Å². The number of amides is 2. The van der Waals surface area contributed by atoms with Gasteiger partial charge in [-0.25, -0.2) is 9.48 Å². The molecule has 0 bridgehead atoms.